The molecular formula is C21H21F4N5O. The van der Waals surface area contributed by atoms with Gasteiger partial charge in [-0.2, -0.15) is 18.2 Å². The summed E-state index contributed by atoms with van der Waals surface area (Å²) in [6, 6.07) is 6.46. The van der Waals surface area contributed by atoms with Gasteiger partial charge in [0.25, 0.3) is 11.6 Å². The molecule has 1 fully saturated rings. The minimum Gasteiger partial charge on any atom is -0.335 e. The minimum absolute atomic E-state index is 0.0968. The van der Waals surface area contributed by atoms with Gasteiger partial charge >= 0.3 is 6.18 Å². The monoisotopic (exact) mass is 435 g/mol. The number of carbonyl (C=O) groups excluding carboxylic acids is 1. The first kappa shape index (κ1) is 21.2. The molecule has 6 nitrogen and oxygen atoms in total. The third kappa shape index (κ3) is 4.38. The van der Waals surface area contributed by atoms with Gasteiger partial charge < -0.3 is 4.90 Å². The highest BCUT2D eigenvalue weighted by atomic mass is 19.4. The first-order chi connectivity index (χ1) is 14.6. The molecule has 0 spiro atoms. The van der Waals surface area contributed by atoms with Gasteiger partial charge in [-0.1, -0.05) is 18.2 Å². The van der Waals surface area contributed by atoms with Gasteiger partial charge in [0.05, 0.1) is 0 Å². The van der Waals surface area contributed by atoms with E-state index in [1.807, 2.05) is 0 Å². The molecule has 1 saturated carbocycles. The standard InChI is InChI=1S/C21H21F4N5O/c1-12-16(13(2)30-20(26-12)27-19(28-30)21(23,24)25)9-10-18(31)29(15-7-8-15)11-14-5-3-4-6-17(14)22/h3-6,15H,7-11H2,1-2H3. The normalized spacial score (nSPS) is 14.3. The number of aromatic nitrogens is 4. The van der Waals surface area contributed by atoms with Crippen LogP contribution in [0.3, 0.4) is 0 Å². The van der Waals surface area contributed by atoms with Gasteiger partial charge in [-0.15, -0.1) is 5.10 Å². The average Bonchev–Trinajstić information content (AvgIpc) is 3.44. The number of benzene rings is 1. The number of amides is 1. The molecule has 0 saturated heterocycles. The predicted molar refractivity (Wildman–Crippen MR) is 104 cm³/mol. The summed E-state index contributed by atoms with van der Waals surface area (Å²) in [6.07, 6.45) is -2.47. The Morgan fingerprint density at radius 1 is 1.19 bits per heavy atom. The van der Waals surface area contributed by atoms with Crippen LogP contribution in [0.15, 0.2) is 24.3 Å². The second-order valence-corrected chi connectivity index (χ2v) is 7.75. The van der Waals surface area contributed by atoms with E-state index >= 15 is 0 Å². The van der Waals surface area contributed by atoms with Crippen LogP contribution in [-0.4, -0.2) is 36.4 Å². The number of rotatable bonds is 6. The van der Waals surface area contributed by atoms with Crippen molar-refractivity contribution in [3.63, 3.8) is 0 Å². The molecule has 1 aliphatic carbocycles. The van der Waals surface area contributed by atoms with Crippen molar-refractivity contribution in [3.8, 4) is 0 Å². The summed E-state index contributed by atoms with van der Waals surface area (Å²) in [5.41, 5.74) is 2.08. The third-order valence-corrected chi connectivity index (χ3v) is 5.50. The van der Waals surface area contributed by atoms with Crippen molar-refractivity contribution >= 4 is 11.7 Å². The van der Waals surface area contributed by atoms with Gasteiger partial charge in [-0.25, -0.2) is 13.9 Å². The lowest BCUT2D eigenvalue weighted by Gasteiger charge is -2.23. The number of halogens is 4. The summed E-state index contributed by atoms with van der Waals surface area (Å²) in [5, 5.41) is 3.53. The smallest absolute Gasteiger partial charge is 0.335 e. The zero-order valence-electron chi connectivity index (χ0n) is 17.1. The number of nitrogens with zero attached hydrogens (tertiary/aromatic N) is 5. The molecular weight excluding hydrogens is 414 g/mol. The van der Waals surface area contributed by atoms with Crippen LogP contribution in [0.25, 0.3) is 5.78 Å². The Morgan fingerprint density at radius 3 is 2.55 bits per heavy atom. The average molecular weight is 435 g/mol. The Balaban J connectivity index is 1.53. The summed E-state index contributed by atoms with van der Waals surface area (Å²) >= 11 is 0. The van der Waals surface area contributed by atoms with Crippen molar-refractivity contribution in [3.05, 3.63) is 58.4 Å². The zero-order valence-corrected chi connectivity index (χ0v) is 17.1. The van der Waals surface area contributed by atoms with E-state index in [0.29, 0.717) is 28.9 Å². The molecule has 1 aliphatic rings. The molecule has 164 valence electrons. The lowest BCUT2D eigenvalue weighted by Crippen LogP contribution is -2.33. The minimum atomic E-state index is -4.67. The molecule has 0 aliphatic heterocycles. The predicted octanol–water partition coefficient (Wildman–Crippen LogP) is 4.02. The molecule has 2 heterocycles. The number of hydrogen-bond donors (Lipinski definition) is 0. The van der Waals surface area contributed by atoms with Crippen molar-refractivity contribution in [2.24, 2.45) is 0 Å². The Hall–Kier alpha value is -3.04. The van der Waals surface area contributed by atoms with Crippen molar-refractivity contribution in [2.45, 2.75) is 58.3 Å². The molecule has 1 amide bonds. The fourth-order valence-electron chi connectivity index (χ4n) is 3.68. The molecule has 3 aromatic rings. The van der Waals surface area contributed by atoms with Crippen LogP contribution in [0.1, 0.15) is 47.6 Å². The fraction of sp³-hybridized carbons (Fsp3) is 0.429. The topological polar surface area (TPSA) is 63.4 Å². The zero-order chi connectivity index (χ0) is 22.3. The first-order valence-electron chi connectivity index (χ1n) is 9.98. The second-order valence-electron chi connectivity index (χ2n) is 7.75. The summed E-state index contributed by atoms with van der Waals surface area (Å²) in [5.74, 6) is -1.86. The van der Waals surface area contributed by atoms with Gasteiger partial charge in [-0.3, -0.25) is 4.79 Å². The number of carbonyl (C=O) groups is 1. The van der Waals surface area contributed by atoms with Crippen LogP contribution in [0.2, 0.25) is 0 Å². The van der Waals surface area contributed by atoms with Gasteiger partial charge in [0, 0.05) is 36.0 Å². The summed E-state index contributed by atoms with van der Waals surface area (Å²) in [6.45, 7) is 3.50. The van der Waals surface area contributed by atoms with Gasteiger partial charge in [0.15, 0.2) is 0 Å². The highest BCUT2D eigenvalue weighted by molar-refractivity contribution is 5.77. The molecule has 31 heavy (non-hydrogen) atoms. The second kappa shape index (κ2) is 7.90. The summed E-state index contributed by atoms with van der Waals surface area (Å²) < 4.78 is 54.0. The Morgan fingerprint density at radius 2 is 1.90 bits per heavy atom. The molecule has 0 N–H and O–H groups in total. The lowest BCUT2D eigenvalue weighted by molar-refractivity contribution is -0.144. The number of aryl methyl sites for hydroxylation is 2. The number of hydrogen-bond acceptors (Lipinski definition) is 4. The fourth-order valence-corrected chi connectivity index (χ4v) is 3.68. The van der Waals surface area contributed by atoms with Gasteiger partial charge in [0.1, 0.15) is 5.82 Å². The van der Waals surface area contributed by atoms with Crippen molar-refractivity contribution < 1.29 is 22.4 Å². The summed E-state index contributed by atoms with van der Waals surface area (Å²) in [4.78, 5) is 22.2. The quantitative estimate of drug-likeness (QED) is 0.549. The van der Waals surface area contributed by atoms with Crippen molar-refractivity contribution in [1.82, 2.24) is 24.5 Å². The number of alkyl halides is 3. The van der Waals surface area contributed by atoms with E-state index in [2.05, 4.69) is 15.1 Å². The van der Waals surface area contributed by atoms with E-state index in [4.69, 9.17) is 0 Å². The van der Waals surface area contributed by atoms with Crippen LogP contribution < -0.4 is 0 Å². The largest absolute Gasteiger partial charge is 0.453 e. The van der Waals surface area contributed by atoms with Crippen LogP contribution in [-0.2, 0) is 23.9 Å². The Bertz CT molecular complexity index is 1140. The van der Waals surface area contributed by atoms with Crippen LogP contribution >= 0.6 is 0 Å². The molecule has 0 radical (unpaired) electrons. The highest BCUT2D eigenvalue weighted by Crippen LogP contribution is 2.30. The van der Waals surface area contributed by atoms with E-state index < -0.39 is 12.0 Å². The third-order valence-electron chi connectivity index (χ3n) is 5.50. The maximum atomic E-state index is 14.0. The van der Waals surface area contributed by atoms with E-state index in [0.717, 1.165) is 17.4 Å². The molecule has 0 atom stereocenters. The van der Waals surface area contributed by atoms with E-state index in [1.165, 1.54) is 6.07 Å². The Labute approximate surface area is 175 Å². The maximum Gasteiger partial charge on any atom is 0.453 e. The summed E-state index contributed by atoms with van der Waals surface area (Å²) in [7, 11) is 0. The highest BCUT2D eigenvalue weighted by Gasteiger charge is 2.37. The molecule has 10 heteroatoms. The SMILES string of the molecule is Cc1nc2nc(C(F)(F)F)nn2c(C)c1CCC(=O)N(Cc1ccccc1F)C1CC1. The molecule has 1 aromatic carbocycles. The van der Waals surface area contributed by atoms with Crippen LogP contribution in [0.5, 0.6) is 0 Å². The van der Waals surface area contributed by atoms with Crippen LogP contribution in [0.4, 0.5) is 17.6 Å². The van der Waals surface area contributed by atoms with Gasteiger partial charge in [0.2, 0.25) is 5.91 Å². The maximum absolute atomic E-state index is 14.0. The van der Waals surface area contributed by atoms with Gasteiger partial charge in [-0.05, 0) is 44.7 Å². The lowest BCUT2D eigenvalue weighted by atomic mass is 10.1. The van der Waals surface area contributed by atoms with E-state index in [9.17, 15) is 22.4 Å². The van der Waals surface area contributed by atoms with Crippen LogP contribution in [0, 0.1) is 19.7 Å². The Kier molecular flexibility index (Phi) is 5.40. The molecule has 2 aromatic heterocycles. The molecule has 0 unspecified atom stereocenters. The first-order valence-corrected chi connectivity index (χ1v) is 9.98. The molecule has 0 bridgehead atoms. The molecule has 4 rings (SSSR count). The van der Waals surface area contributed by atoms with Crippen molar-refractivity contribution in [2.75, 3.05) is 0 Å². The number of fused-ring (bicyclic) bond motifs is 1. The van der Waals surface area contributed by atoms with E-state index in [1.54, 1.807) is 36.9 Å². The van der Waals surface area contributed by atoms with E-state index in [-0.39, 0.29) is 36.5 Å². The van der Waals surface area contributed by atoms with Crippen molar-refractivity contribution in [1.29, 1.82) is 0 Å².